The Hall–Kier alpha value is 0.160. The Balaban J connectivity index is 1.69. The Morgan fingerprint density at radius 3 is 2.76 bits per heavy atom. The number of alkyl halides is 1. The number of hydrogen-bond acceptors (Lipinski definition) is 3. The highest BCUT2D eigenvalue weighted by Gasteiger charge is 2.38. The third-order valence-electron chi connectivity index (χ3n) is 3.60. The highest BCUT2D eigenvalue weighted by Crippen LogP contribution is 2.36. The quantitative estimate of drug-likeness (QED) is 0.419. The van der Waals surface area contributed by atoms with Crippen LogP contribution in [-0.2, 0) is 14.3 Å². The topological polar surface area (TPSA) is 35.5 Å². The average molecular weight is 352 g/mol. The van der Waals surface area contributed by atoms with Crippen LogP contribution in [0.2, 0.25) is 0 Å². The second-order valence-corrected chi connectivity index (χ2v) is 6.68. The molecule has 3 atom stereocenters. The summed E-state index contributed by atoms with van der Waals surface area (Å²) in [5.74, 6) is 0.940. The van der Waals surface area contributed by atoms with Crippen molar-refractivity contribution >= 4 is 28.6 Å². The van der Waals surface area contributed by atoms with Crippen molar-refractivity contribution in [3.63, 3.8) is 0 Å². The van der Waals surface area contributed by atoms with Crippen molar-refractivity contribution in [1.29, 1.82) is 0 Å². The fraction of sp³-hybridized carbons (Fsp3) is 0.923. The highest BCUT2D eigenvalue weighted by atomic mass is 127. The minimum atomic E-state index is -0.0394. The maximum Gasteiger partial charge on any atom is 0.309 e. The van der Waals surface area contributed by atoms with E-state index in [-0.39, 0.29) is 18.0 Å². The summed E-state index contributed by atoms with van der Waals surface area (Å²) in [5.41, 5.74) is 0. The maximum atomic E-state index is 11.6. The first-order valence-electron chi connectivity index (χ1n) is 6.63. The van der Waals surface area contributed by atoms with E-state index in [0.717, 1.165) is 25.4 Å². The Labute approximate surface area is 117 Å². The summed E-state index contributed by atoms with van der Waals surface area (Å²) >= 11 is 2.41. The minimum Gasteiger partial charge on any atom is -0.466 e. The molecule has 98 valence electrons. The van der Waals surface area contributed by atoms with Gasteiger partial charge in [-0.1, -0.05) is 35.4 Å². The Kier molecular flexibility index (Phi) is 5.09. The second-order valence-electron chi connectivity index (χ2n) is 5.08. The summed E-state index contributed by atoms with van der Waals surface area (Å²) in [7, 11) is 0. The van der Waals surface area contributed by atoms with Crippen LogP contribution in [0, 0.1) is 11.8 Å². The van der Waals surface area contributed by atoms with Gasteiger partial charge in [0.2, 0.25) is 0 Å². The van der Waals surface area contributed by atoms with Crippen LogP contribution in [-0.4, -0.2) is 29.2 Å². The van der Waals surface area contributed by atoms with Crippen LogP contribution < -0.4 is 0 Å². The summed E-state index contributed by atoms with van der Waals surface area (Å²) in [4.78, 5) is 11.6. The normalized spacial score (nSPS) is 32.7. The van der Waals surface area contributed by atoms with Crippen molar-refractivity contribution < 1.29 is 14.3 Å². The van der Waals surface area contributed by atoms with Gasteiger partial charge in [0.1, 0.15) is 0 Å². The summed E-state index contributed by atoms with van der Waals surface area (Å²) in [5, 5.41) is 0. The van der Waals surface area contributed by atoms with E-state index in [2.05, 4.69) is 22.6 Å². The van der Waals surface area contributed by atoms with Gasteiger partial charge in [0.15, 0.2) is 0 Å². The van der Waals surface area contributed by atoms with Gasteiger partial charge < -0.3 is 9.47 Å². The smallest absolute Gasteiger partial charge is 0.309 e. The first kappa shape index (κ1) is 13.6. The molecule has 2 fully saturated rings. The van der Waals surface area contributed by atoms with Gasteiger partial charge in [0, 0.05) is 10.5 Å². The Morgan fingerprint density at radius 2 is 2.12 bits per heavy atom. The number of esters is 1. The lowest BCUT2D eigenvalue weighted by atomic mass is 10.1. The molecule has 0 bridgehead atoms. The van der Waals surface area contributed by atoms with Crippen molar-refractivity contribution in [3.05, 3.63) is 0 Å². The summed E-state index contributed by atoms with van der Waals surface area (Å²) in [6.45, 7) is 3.21. The number of carbonyl (C=O) groups is 1. The van der Waals surface area contributed by atoms with Crippen molar-refractivity contribution in [2.75, 3.05) is 13.2 Å². The van der Waals surface area contributed by atoms with E-state index in [0.29, 0.717) is 10.5 Å². The molecule has 2 aliphatic carbocycles. The largest absolute Gasteiger partial charge is 0.466 e. The molecule has 0 saturated heterocycles. The summed E-state index contributed by atoms with van der Waals surface area (Å²) in [6.07, 6.45) is 5.97. The molecule has 3 nitrogen and oxygen atoms in total. The third-order valence-corrected chi connectivity index (χ3v) is 4.92. The van der Waals surface area contributed by atoms with E-state index in [1.165, 1.54) is 19.3 Å². The molecule has 0 aromatic rings. The highest BCUT2D eigenvalue weighted by molar-refractivity contribution is 14.1. The number of carbonyl (C=O) groups excluding carboxylic acids is 1. The van der Waals surface area contributed by atoms with Crippen molar-refractivity contribution in [2.24, 2.45) is 11.8 Å². The predicted molar refractivity (Wildman–Crippen MR) is 74.2 cm³/mol. The van der Waals surface area contributed by atoms with Crippen LogP contribution in [0.1, 0.15) is 39.0 Å². The van der Waals surface area contributed by atoms with E-state index in [9.17, 15) is 4.79 Å². The number of ether oxygens (including phenoxy) is 2. The van der Waals surface area contributed by atoms with Crippen LogP contribution >= 0.6 is 22.6 Å². The van der Waals surface area contributed by atoms with Gasteiger partial charge in [0.25, 0.3) is 0 Å². The number of hydrogen-bond donors (Lipinski definition) is 0. The van der Waals surface area contributed by atoms with Gasteiger partial charge in [-0.05, 0) is 32.1 Å². The summed E-state index contributed by atoms with van der Waals surface area (Å²) < 4.78 is 11.4. The van der Waals surface area contributed by atoms with Gasteiger partial charge in [-0.3, -0.25) is 4.79 Å². The van der Waals surface area contributed by atoms with Crippen LogP contribution in [0.5, 0.6) is 0 Å². The zero-order valence-corrected chi connectivity index (χ0v) is 12.5. The maximum absolute atomic E-state index is 11.6. The first-order valence-corrected chi connectivity index (χ1v) is 7.87. The van der Waals surface area contributed by atoms with Crippen LogP contribution in [0.4, 0.5) is 0 Å². The zero-order chi connectivity index (χ0) is 12.3. The standard InChI is InChI=1S/C13H21IO3/c1-2-16-13(15)10-7-11(14)12(8-10)17-6-5-9-3-4-9/h9-12H,2-8H2,1H3. The minimum absolute atomic E-state index is 0.0394. The lowest BCUT2D eigenvalue weighted by Crippen LogP contribution is -2.19. The molecule has 0 N–H and O–H groups in total. The molecule has 2 rings (SSSR count). The van der Waals surface area contributed by atoms with Gasteiger partial charge >= 0.3 is 5.97 Å². The molecule has 0 amide bonds. The molecule has 0 aliphatic heterocycles. The van der Waals surface area contributed by atoms with E-state index in [4.69, 9.17) is 9.47 Å². The molecule has 17 heavy (non-hydrogen) atoms. The SMILES string of the molecule is CCOC(=O)C1CC(I)C(OCCC2CC2)C1. The molecule has 2 saturated carbocycles. The molecule has 0 aromatic heterocycles. The van der Waals surface area contributed by atoms with Crippen LogP contribution in [0.3, 0.4) is 0 Å². The molecule has 3 unspecified atom stereocenters. The van der Waals surface area contributed by atoms with Gasteiger partial charge in [-0.15, -0.1) is 0 Å². The van der Waals surface area contributed by atoms with Crippen LogP contribution in [0.15, 0.2) is 0 Å². The van der Waals surface area contributed by atoms with Crippen LogP contribution in [0.25, 0.3) is 0 Å². The monoisotopic (exact) mass is 352 g/mol. The number of halogens is 1. The molecular weight excluding hydrogens is 331 g/mol. The number of rotatable bonds is 6. The second kappa shape index (κ2) is 6.36. The predicted octanol–water partition coefficient (Wildman–Crippen LogP) is 2.95. The summed E-state index contributed by atoms with van der Waals surface area (Å²) in [6, 6.07) is 0. The lowest BCUT2D eigenvalue weighted by molar-refractivity contribution is -0.148. The molecular formula is C13H21IO3. The Morgan fingerprint density at radius 1 is 1.35 bits per heavy atom. The van der Waals surface area contributed by atoms with E-state index < -0.39 is 0 Å². The molecule has 2 aliphatic rings. The molecule has 0 heterocycles. The lowest BCUT2D eigenvalue weighted by Gasteiger charge is -2.14. The van der Waals surface area contributed by atoms with Gasteiger partial charge in [-0.2, -0.15) is 0 Å². The molecule has 4 heteroatoms. The van der Waals surface area contributed by atoms with Crippen molar-refractivity contribution in [3.8, 4) is 0 Å². The molecule has 0 aromatic carbocycles. The average Bonchev–Trinajstić information content (AvgIpc) is 3.03. The zero-order valence-electron chi connectivity index (χ0n) is 10.4. The van der Waals surface area contributed by atoms with Crippen molar-refractivity contribution in [2.45, 2.75) is 49.1 Å². The third kappa shape index (κ3) is 4.09. The first-order chi connectivity index (χ1) is 8.20. The van der Waals surface area contributed by atoms with Crippen molar-refractivity contribution in [1.82, 2.24) is 0 Å². The molecule has 0 radical (unpaired) electrons. The fourth-order valence-corrected chi connectivity index (χ4v) is 3.48. The van der Waals surface area contributed by atoms with E-state index in [1.54, 1.807) is 0 Å². The van der Waals surface area contributed by atoms with E-state index in [1.807, 2.05) is 6.92 Å². The fourth-order valence-electron chi connectivity index (χ4n) is 2.37. The molecule has 0 spiro atoms. The van der Waals surface area contributed by atoms with Gasteiger partial charge in [0.05, 0.1) is 18.6 Å². The van der Waals surface area contributed by atoms with Gasteiger partial charge in [-0.25, -0.2) is 0 Å². The Bertz CT molecular complexity index is 265. The van der Waals surface area contributed by atoms with E-state index >= 15 is 0 Å².